The second-order valence-electron chi connectivity index (χ2n) is 6.48. The molecule has 9 heteroatoms. The lowest BCUT2D eigenvalue weighted by Crippen LogP contribution is -2.41. The summed E-state index contributed by atoms with van der Waals surface area (Å²) < 4.78 is 10.4. The number of fused-ring (bicyclic) bond motifs is 1. The summed E-state index contributed by atoms with van der Waals surface area (Å²) in [5.74, 6) is 0.814. The highest BCUT2D eigenvalue weighted by Gasteiger charge is 2.20. The Labute approximate surface area is 175 Å². The van der Waals surface area contributed by atoms with Crippen LogP contribution in [-0.4, -0.2) is 28.9 Å². The van der Waals surface area contributed by atoms with Crippen LogP contribution in [0.1, 0.15) is 31.3 Å². The zero-order valence-corrected chi connectivity index (χ0v) is 17.3. The van der Waals surface area contributed by atoms with Crippen molar-refractivity contribution >= 4 is 33.4 Å². The van der Waals surface area contributed by atoms with Gasteiger partial charge in [-0.05, 0) is 55.8 Å². The lowest BCUT2D eigenvalue weighted by molar-refractivity contribution is 0.0848. The maximum absolute atomic E-state index is 12.7. The van der Waals surface area contributed by atoms with Crippen LogP contribution in [0.25, 0.3) is 21.8 Å². The smallest absolute Gasteiger partial charge is 0.280 e. The molecule has 1 aromatic carbocycles. The van der Waals surface area contributed by atoms with Gasteiger partial charge >= 0.3 is 0 Å². The number of nitrogens with zero attached hydrogens (tertiary/aromatic N) is 2. The van der Waals surface area contributed by atoms with Gasteiger partial charge in [0.15, 0.2) is 11.6 Å². The highest BCUT2D eigenvalue weighted by molar-refractivity contribution is 7.20. The van der Waals surface area contributed by atoms with E-state index in [2.05, 4.69) is 20.8 Å². The van der Waals surface area contributed by atoms with E-state index in [1.807, 2.05) is 13.8 Å². The molecule has 0 aliphatic rings. The van der Waals surface area contributed by atoms with Gasteiger partial charge in [-0.2, -0.15) is 0 Å². The molecule has 4 rings (SSSR count). The second-order valence-corrected chi connectivity index (χ2v) is 7.48. The molecule has 2 amide bonds. The number of aromatic nitrogens is 2. The summed E-state index contributed by atoms with van der Waals surface area (Å²) >= 11 is 1.24. The van der Waals surface area contributed by atoms with Crippen molar-refractivity contribution in [1.82, 2.24) is 20.8 Å². The number of ether oxygens (including phenoxy) is 1. The second kappa shape index (κ2) is 7.96. The van der Waals surface area contributed by atoms with Gasteiger partial charge in [0.2, 0.25) is 0 Å². The standard InChI is InChI=1S/C21H18N4O4S/c1-11-16-12(2)22-18(15-5-4-10-29-15)23-21(16)30-17(11)20(27)25-24-19(26)13-6-8-14(28-3)9-7-13/h4-10H,1-3H3,(H,24,26)(H,25,27). The van der Waals surface area contributed by atoms with Crippen molar-refractivity contribution in [1.29, 1.82) is 0 Å². The summed E-state index contributed by atoms with van der Waals surface area (Å²) in [5.41, 5.74) is 6.80. The zero-order chi connectivity index (χ0) is 21.3. The van der Waals surface area contributed by atoms with Crippen LogP contribution in [0.15, 0.2) is 47.1 Å². The number of rotatable bonds is 4. The minimum atomic E-state index is -0.430. The van der Waals surface area contributed by atoms with Gasteiger partial charge in [0.1, 0.15) is 10.6 Å². The molecule has 0 spiro atoms. The minimum Gasteiger partial charge on any atom is -0.497 e. The average Bonchev–Trinajstić information content (AvgIpc) is 3.40. The Kier molecular flexibility index (Phi) is 5.20. The highest BCUT2D eigenvalue weighted by atomic mass is 32.1. The first-order chi connectivity index (χ1) is 14.5. The van der Waals surface area contributed by atoms with E-state index in [1.54, 1.807) is 49.8 Å². The van der Waals surface area contributed by atoms with E-state index < -0.39 is 11.8 Å². The Morgan fingerprint density at radius 1 is 1.03 bits per heavy atom. The number of thiophene rings is 1. The molecule has 0 fully saturated rings. The Bertz CT molecular complexity index is 1230. The molecule has 3 aromatic heterocycles. The van der Waals surface area contributed by atoms with Gasteiger partial charge in [-0.3, -0.25) is 20.4 Å². The van der Waals surface area contributed by atoms with Gasteiger partial charge in [0, 0.05) is 10.9 Å². The van der Waals surface area contributed by atoms with Crippen LogP contribution in [0.3, 0.4) is 0 Å². The lowest BCUT2D eigenvalue weighted by atomic mass is 10.1. The molecule has 8 nitrogen and oxygen atoms in total. The number of methoxy groups -OCH3 is 1. The van der Waals surface area contributed by atoms with Crippen LogP contribution >= 0.6 is 11.3 Å². The first-order valence-electron chi connectivity index (χ1n) is 9.04. The van der Waals surface area contributed by atoms with E-state index in [9.17, 15) is 9.59 Å². The fraction of sp³-hybridized carbons (Fsp3) is 0.143. The summed E-state index contributed by atoms with van der Waals surface area (Å²) in [6.07, 6.45) is 1.56. The predicted octanol–water partition coefficient (Wildman–Crippen LogP) is 3.65. The molecule has 0 unspecified atom stereocenters. The number of carbonyl (C=O) groups is 2. The van der Waals surface area contributed by atoms with Crippen molar-refractivity contribution in [3.63, 3.8) is 0 Å². The fourth-order valence-electron chi connectivity index (χ4n) is 3.06. The summed E-state index contributed by atoms with van der Waals surface area (Å²) in [5, 5.41) is 0.821. The van der Waals surface area contributed by atoms with Crippen molar-refractivity contribution in [2.75, 3.05) is 7.11 Å². The van der Waals surface area contributed by atoms with Crippen molar-refractivity contribution in [3.05, 3.63) is 64.4 Å². The Balaban J connectivity index is 1.54. The van der Waals surface area contributed by atoms with E-state index in [0.717, 1.165) is 16.6 Å². The molecule has 152 valence electrons. The van der Waals surface area contributed by atoms with Crippen molar-refractivity contribution < 1.29 is 18.7 Å². The Hall–Kier alpha value is -3.72. The van der Waals surface area contributed by atoms with E-state index >= 15 is 0 Å². The van der Waals surface area contributed by atoms with Gasteiger partial charge in [0.05, 0.1) is 23.9 Å². The number of carbonyl (C=O) groups excluding carboxylic acids is 2. The van der Waals surface area contributed by atoms with Gasteiger partial charge in [-0.1, -0.05) is 0 Å². The van der Waals surface area contributed by atoms with E-state index in [-0.39, 0.29) is 0 Å². The van der Waals surface area contributed by atoms with Crippen LogP contribution in [0.2, 0.25) is 0 Å². The molecule has 4 aromatic rings. The monoisotopic (exact) mass is 422 g/mol. The van der Waals surface area contributed by atoms with E-state index in [0.29, 0.717) is 32.6 Å². The Morgan fingerprint density at radius 2 is 1.77 bits per heavy atom. The number of benzene rings is 1. The first kappa shape index (κ1) is 19.6. The van der Waals surface area contributed by atoms with Crippen molar-refractivity contribution in [2.24, 2.45) is 0 Å². The topological polar surface area (TPSA) is 106 Å². The fourth-order valence-corrected chi connectivity index (χ4v) is 4.18. The largest absolute Gasteiger partial charge is 0.497 e. The van der Waals surface area contributed by atoms with Crippen molar-refractivity contribution in [2.45, 2.75) is 13.8 Å². The summed E-state index contributed by atoms with van der Waals surface area (Å²) in [6, 6.07) is 10.1. The predicted molar refractivity (Wildman–Crippen MR) is 113 cm³/mol. The van der Waals surface area contributed by atoms with E-state index in [1.165, 1.54) is 11.3 Å². The molecule has 0 aliphatic carbocycles. The van der Waals surface area contributed by atoms with Crippen LogP contribution < -0.4 is 15.6 Å². The summed E-state index contributed by atoms with van der Waals surface area (Å²) in [4.78, 5) is 35.1. The van der Waals surface area contributed by atoms with Crippen LogP contribution in [0.4, 0.5) is 0 Å². The normalized spacial score (nSPS) is 10.8. The molecule has 3 heterocycles. The lowest BCUT2D eigenvalue weighted by Gasteiger charge is -2.07. The maximum Gasteiger partial charge on any atom is 0.280 e. The quantitative estimate of drug-likeness (QED) is 0.486. The number of furan rings is 1. The third-order valence-electron chi connectivity index (χ3n) is 4.56. The van der Waals surface area contributed by atoms with Gasteiger partial charge in [0.25, 0.3) is 11.8 Å². The van der Waals surface area contributed by atoms with E-state index in [4.69, 9.17) is 9.15 Å². The van der Waals surface area contributed by atoms with Gasteiger partial charge in [-0.25, -0.2) is 9.97 Å². The molecule has 0 saturated heterocycles. The van der Waals surface area contributed by atoms with Crippen LogP contribution in [0, 0.1) is 13.8 Å². The number of amides is 2. The molecule has 0 atom stereocenters. The molecule has 2 N–H and O–H groups in total. The Morgan fingerprint density at radius 3 is 2.43 bits per heavy atom. The molecule has 0 aliphatic heterocycles. The molecular formula is C21H18N4O4S. The van der Waals surface area contributed by atoms with Crippen LogP contribution in [-0.2, 0) is 0 Å². The average molecular weight is 422 g/mol. The number of hydrogen-bond donors (Lipinski definition) is 2. The summed E-state index contributed by atoms with van der Waals surface area (Å²) in [7, 11) is 1.55. The van der Waals surface area contributed by atoms with Crippen molar-refractivity contribution in [3.8, 4) is 17.3 Å². The number of nitrogens with one attached hydrogen (secondary N) is 2. The molecule has 0 radical (unpaired) electrons. The third kappa shape index (κ3) is 3.62. The number of aryl methyl sites for hydroxylation is 2. The maximum atomic E-state index is 12.7. The molecule has 0 saturated carbocycles. The van der Waals surface area contributed by atoms with Gasteiger partial charge < -0.3 is 9.15 Å². The third-order valence-corrected chi connectivity index (χ3v) is 5.75. The molecular weight excluding hydrogens is 404 g/mol. The molecule has 30 heavy (non-hydrogen) atoms. The number of hydrogen-bond acceptors (Lipinski definition) is 7. The molecule has 0 bridgehead atoms. The number of hydrazine groups is 1. The SMILES string of the molecule is COc1ccc(C(=O)NNC(=O)c2sc3nc(-c4ccco4)nc(C)c3c2C)cc1. The first-order valence-corrected chi connectivity index (χ1v) is 9.86. The highest BCUT2D eigenvalue weighted by Crippen LogP contribution is 2.32. The summed E-state index contributed by atoms with van der Waals surface area (Å²) in [6.45, 7) is 3.70. The van der Waals surface area contributed by atoms with Crippen LogP contribution in [0.5, 0.6) is 5.75 Å². The van der Waals surface area contributed by atoms with Gasteiger partial charge in [-0.15, -0.1) is 11.3 Å². The zero-order valence-electron chi connectivity index (χ0n) is 16.5. The minimum absolute atomic E-state index is 0.397.